The number of carbonyl (C=O) groups excluding carboxylic acids is 4. The quantitative estimate of drug-likeness (QED) is 0.239. The highest BCUT2D eigenvalue weighted by molar-refractivity contribution is 6.24. The molecule has 0 spiro atoms. The van der Waals surface area contributed by atoms with E-state index in [4.69, 9.17) is 5.73 Å². The molecule has 4 atom stereocenters. The summed E-state index contributed by atoms with van der Waals surface area (Å²) >= 11 is 0. The minimum atomic E-state index is -2.70. The van der Waals surface area contributed by atoms with Crippen molar-refractivity contribution in [3.8, 4) is 5.75 Å². The molecule has 1 aromatic carbocycles. The number of aliphatic hydroxyl groups is 3. The third-order valence-electron chi connectivity index (χ3n) is 6.75. The molecule has 172 valence electrons. The third kappa shape index (κ3) is 2.87. The molecular weight excluding hydrogens is 434 g/mol. The van der Waals surface area contributed by atoms with Gasteiger partial charge in [0.2, 0.25) is 11.9 Å². The molecule has 0 saturated heterocycles. The lowest BCUT2D eigenvalue weighted by Gasteiger charge is -2.50. The lowest BCUT2D eigenvalue weighted by atomic mass is 9.58. The summed E-state index contributed by atoms with van der Waals surface area (Å²) in [7, 11) is 3.09. The number of nitrogens with two attached hydrogens (primary N) is 1. The highest BCUT2D eigenvalue weighted by atomic mass is 16.3. The zero-order chi connectivity index (χ0) is 24.4. The van der Waals surface area contributed by atoms with Crippen LogP contribution in [0.4, 0.5) is 5.69 Å². The van der Waals surface area contributed by atoms with Crippen molar-refractivity contribution in [2.45, 2.75) is 24.5 Å². The van der Waals surface area contributed by atoms with Gasteiger partial charge in [-0.3, -0.25) is 19.3 Å². The Kier molecular flexibility index (Phi) is 5.01. The van der Waals surface area contributed by atoms with E-state index in [1.807, 2.05) is 0 Å². The zero-order valence-electron chi connectivity index (χ0n) is 17.7. The molecule has 0 bridgehead atoms. The van der Waals surface area contributed by atoms with Crippen LogP contribution in [0.3, 0.4) is 0 Å². The maximum absolute atomic E-state index is 13.4. The fraction of sp³-hybridized carbons (Fsp3) is 0.364. The summed E-state index contributed by atoms with van der Waals surface area (Å²) in [5.41, 5.74) is 1.60. The number of hydrogen-bond donors (Lipinski definition) is 5. The molecule has 3 aliphatic rings. The molecule has 0 fully saturated rings. The number of primary amides is 1. The number of allylic oxidation sites excluding steroid dienone is 1. The van der Waals surface area contributed by atoms with Crippen molar-refractivity contribution in [1.82, 2.24) is 4.90 Å². The summed E-state index contributed by atoms with van der Waals surface area (Å²) in [4.78, 5) is 54.3. The number of carbonyl (C=O) groups is 3. The van der Waals surface area contributed by atoms with Gasteiger partial charge in [0.1, 0.15) is 22.8 Å². The Morgan fingerprint density at radius 3 is 2.48 bits per heavy atom. The van der Waals surface area contributed by atoms with E-state index in [2.05, 4.69) is 4.99 Å². The van der Waals surface area contributed by atoms with Crippen molar-refractivity contribution in [3.63, 3.8) is 0 Å². The summed E-state index contributed by atoms with van der Waals surface area (Å²) in [6, 6.07) is 1.43. The minimum absolute atomic E-state index is 0.0451. The number of aromatic hydroxyl groups is 1. The Labute approximate surface area is 187 Å². The molecule has 4 rings (SSSR count). The van der Waals surface area contributed by atoms with Gasteiger partial charge >= 0.3 is 0 Å². The number of benzene rings is 1. The molecule has 33 heavy (non-hydrogen) atoms. The van der Waals surface area contributed by atoms with Crippen LogP contribution in [0.1, 0.15) is 22.3 Å². The molecule has 0 heterocycles. The predicted octanol–water partition coefficient (Wildman–Crippen LogP) is 0.0879. The van der Waals surface area contributed by atoms with E-state index < -0.39 is 63.8 Å². The highest BCUT2D eigenvalue weighted by Gasteiger charge is 2.63. The minimum Gasteiger partial charge on any atom is -0.510 e. The van der Waals surface area contributed by atoms with Crippen LogP contribution in [0.25, 0.3) is 0 Å². The van der Waals surface area contributed by atoms with Crippen molar-refractivity contribution in [2.75, 3.05) is 14.1 Å². The smallest absolute Gasteiger partial charge is 0.255 e. The number of phenols is 1. The van der Waals surface area contributed by atoms with Crippen molar-refractivity contribution in [3.05, 3.63) is 45.9 Å². The van der Waals surface area contributed by atoms with Crippen LogP contribution in [0.5, 0.6) is 5.75 Å². The van der Waals surface area contributed by atoms with Crippen LogP contribution in [0, 0.1) is 11.8 Å². The van der Waals surface area contributed by atoms with Gasteiger partial charge in [0.15, 0.2) is 11.4 Å². The fourth-order valence-electron chi connectivity index (χ4n) is 5.39. The number of rotatable bonds is 3. The number of fused-ring (bicyclic) bond motifs is 3. The molecule has 1 amide bonds. The van der Waals surface area contributed by atoms with E-state index in [9.17, 15) is 39.6 Å². The molecule has 3 aliphatic carbocycles. The number of hydrogen-bond acceptors (Lipinski definition) is 10. The van der Waals surface area contributed by atoms with E-state index >= 15 is 0 Å². The SMILES string of the molecule is CN(C)[C@@H]1C(O)=C(C(N)=O)C(=O)[C@@]2(O)C(O)=C3C(=O)c4c(O)ccc(N=C=O)c4C[C@H]3C[C@@H]12. The Morgan fingerprint density at radius 1 is 1.24 bits per heavy atom. The molecule has 0 saturated carbocycles. The van der Waals surface area contributed by atoms with Crippen molar-refractivity contribution >= 4 is 29.2 Å². The van der Waals surface area contributed by atoms with E-state index in [1.54, 1.807) is 14.1 Å². The van der Waals surface area contributed by atoms with Crippen molar-refractivity contribution in [2.24, 2.45) is 22.6 Å². The molecule has 0 aliphatic heterocycles. The summed E-state index contributed by atoms with van der Waals surface area (Å²) in [6.07, 6.45) is 1.39. The molecule has 0 aromatic heterocycles. The van der Waals surface area contributed by atoms with Gasteiger partial charge in [-0.25, -0.2) is 4.79 Å². The number of Topliss-reactive ketones (excluding diaryl/α,β-unsaturated/α-hetero) is 2. The van der Waals surface area contributed by atoms with Crippen LogP contribution in [0.15, 0.2) is 39.8 Å². The van der Waals surface area contributed by atoms with Gasteiger partial charge in [0.25, 0.3) is 5.91 Å². The van der Waals surface area contributed by atoms with Gasteiger partial charge in [-0.2, -0.15) is 4.99 Å². The van der Waals surface area contributed by atoms with Crippen LogP contribution < -0.4 is 5.73 Å². The normalized spacial score (nSPS) is 28.8. The number of aliphatic imine (C=N–C) groups is 1. The van der Waals surface area contributed by atoms with E-state index in [-0.39, 0.29) is 35.2 Å². The Morgan fingerprint density at radius 2 is 1.91 bits per heavy atom. The largest absolute Gasteiger partial charge is 0.510 e. The molecule has 0 unspecified atom stereocenters. The number of ketones is 2. The number of isocyanates is 1. The first-order valence-corrected chi connectivity index (χ1v) is 10.0. The second-order valence-electron chi connectivity index (χ2n) is 8.62. The number of likely N-dealkylation sites (N-methyl/N-ethyl adjacent to an activating group) is 1. The number of aliphatic hydroxyl groups excluding tert-OH is 2. The van der Waals surface area contributed by atoms with Gasteiger partial charge in [-0.1, -0.05) is 0 Å². The highest BCUT2D eigenvalue weighted by Crippen LogP contribution is 2.52. The Hall–Kier alpha value is -3.79. The molecule has 1 aromatic rings. The Bertz CT molecular complexity index is 1240. The number of amides is 1. The summed E-state index contributed by atoms with van der Waals surface area (Å²) in [6.45, 7) is 0. The number of phenolic OH excluding ortho intramolecular Hbond substituents is 1. The van der Waals surface area contributed by atoms with Crippen LogP contribution in [-0.2, 0) is 20.8 Å². The maximum Gasteiger partial charge on any atom is 0.255 e. The fourth-order valence-corrected chi connectivity index (χ4v) is 5.39. The van der Waals surface area contributed by atoms with E-state index in [0.717, 1.165) is 6.07 Å². The van der Waals surface area contributed by atoms with Gasteiger partial charge in [0.05, 0.1) is 17.3 Å². The predicted molar refractivity (Wildman–Crippen MR) is 111 cm³/mol. The maximum atomic E-state index is 13.4. The molecule has 11 nitrogen and oxygen atoms in total. The standard InChI is InChI=1S/C22H21N3O8/c1-25(2)16-10-6-8-5-9-11(24-7-26)3-4-12(27)14(9)17(28)13(8)19(30)22(10,33)20(31)15(18(16)29)21(23)32/h3-4,8,10,16,27,29-30,33H,5-6H2,1-2H3,(H2,23,32)/t8-,10-,16-,22-/m0/s1. The van der Waals surface area contributed by atoms with E-state index in [0.29, 0.717) is 0 Å². The lowest BCUT2D eigenvalue weighted by molar-refractivity contribution is -0.148. The average molecular weight is 455 g/mol. The second-order valence-corrected chi connectivity index (χ2v) is 8.62. The molecule has 6 N–H and O–H groups in total. The monoisotopic (exact) mass is 455 g/mol. The zero-order valence-corrected chi connectivity index (χ0v) is 17.7. The van der Waals surface area contributed by atoms with Crippen LogP contribution >= 0.6 is 0 Å². The van der Waals surface area contributed by atoms with Gasteiger partial charge < -0.3 is 26.2 Å². The summed E-state index contributed by atoms with van der Waals surface area (Å²) in [5.74, 6) is -7.33. The van der Waals surface area contributed by atoms with Crippen LogP contribution in [0.2, 0.25) is 0 Å². The molecular formula is C22H21N3O8. The lowest BCUT2D eigenvalue weighted by Crippen LogP contribution is -2.63. The first-order chi connectivity index (χ1) is 15.5. The van der Waals surface area contributed by atoms with Gasteiger partial charge in [0, 0.05) is 11.5 Å². The molecule has 11 heteroatoms. The van der Waals surface area contributed by atoms with Gasteiger partial charge in [-0.05, 0) is 50.6 Å². The van der Waals surface area contributed by atoms with Crippen molar-refractivity contribution < 1.29 is 39.6 Å². The second kappa shape index (κ2) is 7.38. The third-order valence-corrected chi connectivity index (χ3v) is 6.75. The van der Waals surface area contributed by atoms with Gasteiger partial charge in [-0.15, -0.1) is 0 Å². The number of nitrogens with zero attached hydrogens (tertiary/aromatic N) is 2. The first kappa shape index (κ1) is 22.4. The topological polar surface area (TPSA) is 191 Å². The molecule has 0 radical (unpaired) electrons. The summed E-state index contributed by atoms with van der Waals surface area (Å²) < 4.78 is 0. The first-order valence-electron chi connectivity index (χ1n) is 10.0. The average Bonchev–Trinajstić information content (AvgIpc) is 2.72. The van der Waals surface area contributed by atoms with Crippen molar-refractivity contribution in [1.29, 1.82) is 0 Å². The van der Waals surface area contributed by atoms with E-state index in [1.165, 1.54) is 17.0 Å². The van der Waals surface area contributed by atoms with Crippen LogP contribution in [-0.4, -0.2) is 74.6 Å². The Balaban J connectivity index is 1.99. The summed E-state index contributed by atoms with van der Waals surface area (Å²) in [5, 5.41) is 43.6.